The number of rotatable bonds is 5. The second-order valence-electron chi connectivity index (χ2n) is 5.90. The van der Waals surface area contributed by atoms with Gasteiger partial charge in [-0.25, -0.2) is 13.4 Å². The zero-order valence-corrected chi connectivity index (χ0v) is 16.9. The van der Waals surface area contributed by atoms with Crippen LogP contribution in [-0.2, 0) is 10.0 Å². The smallest absolute Gasteiger partial charge is 0.261 e. The fraction of sp³-hybridized carbons (Fsp3) is 0.0526. The van der Waals surface area contributed by atoms with E-state index in [-0.39, 0.29) is 20.6 Å². The minimum Gasteiger partial charge on any atom is -0.322 e. The van der Waals surface area contributed by atoms with Gasteiger partial charge in [-0.2, -0.15) is 0 Å². The van der Waals surface area contributed by atoms with Crippen LogP contribution in [0.25, 0.3) is 0 Å². The first kappa shape index (κ1) is 20.1. The van der Waals surface area contributed by atoms with Gasteiger partial charge in [0.25, 0.3) is 15.9 Å². The van der Waals surface area contributed by atoms with Crippen LogP contribution >= 0.6 is 23.2 Å². The molecule has 0 spiro atoms. The van der Waals surface area contributed by atoms with E-state index in [1.807, 2.05) is 0 Å². The molecule has 144 valence electrons. The Morgan fingerprint density at radius 1 is 1.04 bits per heavy atom. The Labute approximate surface area is 172 Å². The summed E-state index contributed by atoms with van der Waals surface area (Å²) in [5.41, 5.74) is 1.69. The Bertz CT molecular complexity index is 1140. The van der Waals surface area contributed by atoms with E-state index in [2.05, 4.69) is 15.0 Å². The van der Waals surface area contributed by atoms with Crippen molar-refractivity contribution in [1.82, 2.24) is 4.98 Å². The van der Waals surface area contributed by atoms with Gasteiger partial charge in [-0.15, -0.1) is 0 Å². The standard InChI is InChI=1S/C19H15Cl2N3O3S/c1-12-7-8-14(23-19(25)13-9-16(20)18(21)22-11-13)10-17(12)24-28(26,27)15-5-3-2-4-6-15/h2-11,24H,1H3,(H,23,25). The molecular formula is C19H15Cl2N3O3S. The summed E-state index contributed by atoms with van der Waals surface area (Å²) >= 11 is 11.6. The van der Waals surface area contributed by atoms with Gasteiger partial charge in [0.1, 0.15) is 5.15 Å². The van der Waals surface area contributed by atoms with Crippen LogP contribution in [0.1, 0.15) is 15.9 Å². The molecule has 0 aliphatic rings. The lowest BCUT2D eigenvalue weighted by molar-refractivity contribution is 0.102. The Kier molecular flexibility index (Phi) is 5.88. The van der Waals surface area contributed by atoms with E-state index in [9.17, 15) is 13.2 Å². The van der Waals surface area contributed by atoms with Gasteiger partial charge in [-0.3, -0.25) is 9.52 Å². The maximum absolute atomic E-state index is 12.5. The van der Waals surface area contributed by atoms with Crippen LogP contribution in [0.15, 0.2) is 65.7 Å². The Morgan fingerprint density at radius 2 is 1.75 bits per heavy atom. The number of aromatic nitrogens is 1. The number of anilines is 2. The second kappa shape index (κ2) is 8.18. The summed E-state index contributed by atoms with van der Waals surface area (Å²) in [6.07, 6.45) is 1.30. The molecule has 0 atom stereocenters. The van der Waals surface area contributed by atoms with E-state index < -0.39 is 15.9 Å². The summed E-state index contributed by atoms with van der Waals surface area (Å²) in [6.45, 7) is 1.76. The Balaban J connectivity index is 1.83. The van der Waals surface area contributed by atoms with E-state index >= 15 is 0 Å². The van der Waals surface area contributed by atoms with Gasteiger partial charge in [0, 0.05) is 11.9 Å². The molecule has 0 radical (unpaired) electrons. The van der Waals surface area contributed by atoms with Crippen LogP contribution < -0.4 is 10.0 Å². The highest BCUT2D eigenvalue weighted by Crippen LogP contribution is 2.25. The zero-order chi connectivity index (χ0) is 20.3. The van der Waals surface area contributed by atoms with Crippen molar-refractivity contribution in [2.24, 2.45) is 0 Å². The third kappa shape index (κ3) is 4.62. The first-order chi connectivity index (χ1) is 13.3. The fourth-order valence-electron chi connectivity index (χ4n) is 2.36. The number of pyridine rings is 1. The van der Waals surface area contributed by atoms with Gasteiger partial charge in [0.05, 0.1) is 21.2 Å². The third-order valence-corrected chi connectivity index (χ3v) is 5.92. The average molecular weight is 436 g/mol. The molecule has 2 N–H and O–H groups in total. The summed E-state index contributed by atoms with van der Waals surface area (Å²) in [7, 11) is -3.75. The molecule has 0 aliphatic carbocycles. The third-order valence-electron chi connectivity index (χ3n) is 3.85. The highest BCUT2D eigenvalue weighted by Gasteiger charge is 2.16. The normalized spacial score (nSPS) is 11.1. The fourth-order valence-corrected chi connectivity index (χ4v) is 3.77. The van der Waals surface area contributed by atoms with Crippen molar-refractivity contribution in [2.75, 3.05) is 10.0 Å². The molecule has 28 heavy (non-hydrogen) atoms. The first-order valence-corrected chi connectivity index (χ1v) is 10.3. The molecule has 3 rings (SSSR count). The topological polar surface area (TPSA) is 88.2 Å². The van der Waals surface area contributed by atoms with E-state index in [1.165, 1.54) is 24.4 Å². The van der Waals surface area contributed by atoms with Gasteiger partial charge in [-0.05, 0) is 42.8 Å². The van der Waals surface area contributed by atoms with E-state index in [4.69, 9.17) is 23.2 Å². The molecule has 0 saturated carbocycles. The van der Waals surface area contributed by atoms with Crippen LogP contribution in [-0.4, -0.2) is 19.3 Å². The van der Waals surface area contributed by atoms with Gasteiger partial charge >= 0.3 is 0 Å². The van der Waals surface area contributed by atoms with Crippen molar-refractivity contribution in [3.63, 3.8) is 0 Å². The molecule has 1 amide bonds. The molecule has 0 bridgehead atoms. The van der Waals surface area contributed by atoms with E-state index in [0.29, 0.717) is 16.9 Å². The molecule has 1 aromatic heterocycles. The van der Waals surface area contributed by atoms with Gasteiger partial charge in [0.2, 0.25) is 0 Å². The average Bonchev–Trinajstić information content (AvgIpc) is 2.67. The summed E-state index contributed by atoms with van der Waals surface area (Å²) in [6, 6.07) is 14.3. The molecule has 6 nitrogen and oxygen atoms in total. The number of hydrogen-bond acceptors (Lipinski definition) is 4. The highest BCUT2D eigenvalue weighted by molar-refractivity contribution is 7.92. The first-order valence-electron chi connectivity index (χ1n) is 8.07. The molecule has 0 fully saturated rings. The lowest BCUT2D eigenvalue weighted by Gasteiger charge is -2.13. The summed E-state index contributed by atoms with van der Waals surface area (Å²) in [5, 5.41) is 2.95. The van der Waals surface area contributed by atoms with Crippen LogP contribution in [0.2, 0.25) is 10.2 Å². The molecule has 2 aromatic carbocycles. The van der Waals surface area contributed by atoms with E-state index in [0.717, 1.165) is 0 Å². The molecular weight excluding hydrogens is 421 g/mol. The predicted octanol–water partition coefficient (Wildman–Crippen LogP) is 4.75. The van der Waals surface area contributed by atoms with Crippen molar-refractivity contribution in [2.45, 2.75) is 11.8 Å². The summed E-state index contributed by atoms with van der Waals surface area (Å²) in [4.78, 5) is 16.4. The number of hydrogen-bond donors (Lipinski definition) is 2. The molecule has 3 aromatic rings. The van der Waals surface area contributed by atoms with Crippen LogP contribution in [0.5, 0.6) is 0 Å². The number of benzene rings is 2. The SMILES string of the molecule is Cc1ccc(NC(=O)c2cnc(Cl)c(Cl)c2)cc1NS(=O)(=O)c1ccccc1. The van der Waals surface area contributed by atoms with Gasteiger partial charge < -0.3 is 5.32 Å². The molecule has 0 saturated heterocycles. The maximum atomic E-state index is 12.5. The number of nitrogens with zero attached hydrogens (tertiary/aromatic N) is 1. The second-order valence-corrected chi connectivity index (χ2v) is 8.35. The number of halogens is 2. The Morgan fingerprint density at radius 3 is 2.43 bits per heavy atom. The number of nitrogens with one attached hydrogen (secondary N) is 2. The van der Waals surface area contributed by atoms with Crippen molar-refractivity contribution >= 4 is 50.5 Å². The molecule has 1 heterocycles. The zero-order valence-electron chi connectivity index (χ0n) is 14.6. The summed E-state index contributed by atoms with van der Waals surface area (Å²) < 4.78 is 27.6. The number of carbonyl (C=O) groups is 1. The van der Waals surface area contributed by atoms with Crippen LogP contribution in [0.3, 0.4) is 0 Å². The Hall–Kier alpha value is -2.61. The number of sulfonamides is 1. The number of amides is 1. The van der Waals surface area contributed by atoms with E-state index in [1.54, 1.807) is 43.3 Å². The molecule has 0 unspecified atom stereocenters. The van der Waals surface area contributed by atoms with Gasteiger partial charge in [-0.1, -0.05) is 47.5 Å². The summed E-state index contributed by atoms with van der Waals surface area (Å²) in [5.74, 6) is -0.452. The van der Waals surface area contributed by atoms with Crippen molar-refractivity contribution in [3.8, 4) is 0 Å². The minimum absolute atomic E-state index is 0.103. The number of aryl methyl sites for hydroxylation is 1. The van der Waals surface area contributed by atoms with Crippen LogP contribution in [0, 0.1) is 6.92 Å². The molecule has 0 aliphatic heterocycles. The molecule has 9 heteroatoms. The predicted molar refractivity (Wildman–Crippen MR) is 111 cm³/mol. The van der Waals surface area contributed by atoms with Crippen molar-refractivity contribution in [3.05, 3.63) is 82.1 Å². The minimum atomic E-state index is -3.75. The van der Waals surface area contributed by atoms with Crippen molar-refractivity contribution in [1.29, 1.82) is 0 Å². The largest absolute Gasteiger partial charge is 0.322 e. The van der Waals surface area contributed by atoms with Gasteiger partial charge in [0.15, 0.2) is 0 Å². The highest BCUT2D eigenvalue weighted by atomic mass is 35.5. The lowest BCUT2D eigenvalue weighted by atomic mass is 10.2. The number of carbonyl (C=O) groups excluding carboxylic acids is 1. The van der Waals surface area contributed by atoms with Crippen LogP contribution in [0.4, 0.5) is 11.4 Å². The lowest BCUT2D eigenvalue weighted by Crippen LogP contribution is -2.15. The maximum Gasteiger partial charge on any atom is 0.261 e. The quantitative estimate of drug-likeness (QED) is 0.565. The van der Waals surface area contributed by atoms with Crippen molar-refractivity contribution < 1.29 is 13.2 Å². The monoisotopic (exact) mass is 435 g/mol.